The van der Waals surface area contributed by atoms with Crippen LogP contribution in [0, 0.1) is 0 Å². The highest BCUT2D eigenvalue weighted by atomic mass is 19.3. The molecule has 1 N–H and O–H groups in total. The van der Waals surface area contributed by atoms with E-state index in [-0.39, 0.29) is 13.2 Å². The van der Waals surface area contributed by atoms with Crippen molar-refractivity contribution in [3.05, 3.63) is 34.9 Å². The van der Waals surface area contributed by atoms with E-state index in [1.54, 1.807) is 6.07 Å². The zero-order valence-corrected chi connectivity index (χ0v) is 16.7. The van der Waals surface area contributed by atoms with E-state index >= 15 is 0 Å². The van der Waals surface area contributed by atoms with Gasteiger partial charge in [-0.05, 0) is 18.2 Å². The lowest BCUT2D eigenvalue weighted by molar-refractivity contribution is -0.0746. The summed E-state index contributed by atoms with van der Waals surface area (Å²) in [7, 11) is 0. The molecule has 10 heteroatoms. The van der Waals surface area contributed by atoms with Crippen LogP contribution in [0.2, 0.25) is 0 Å². The van der Waals surface area contributed by atoms with Crippen LogP contribution in [0.15, 0.2) is 29.3 Å². The normalized spacial score (nSPS) is 20.6. The highest BCUT2D eigenvalue weighted by Crippen LogP contribution is 2.21. The minimum atomic E-state index is -2.60. The van der Waals surface area contributed by atoms with Crippen LogP contribution < -0.4 is 10.5 Å². The summed E-state index contributed by atoms with van der Waals surface area (Å²) in [6.45, 7) is 4.42. The van der Waals surface area contributed by atoms with Gasteiger partial charge in [0.15, 0.2) is 0 Å². The highest BCUT2D eigenvalue weighted by Gasteiger charge is 2.33. The van der Waals surface area contributed by atoms with Crippen molar-refractivity contribution >= 4 is 16.6 Å². The van der Waals surface area contributed by atoms with Crippen molar-refractivity contribution in [1.82, 2.24) is 14.5 Å². The first-order chi connectivity index (χ1) is 14.4. The van der Waals surface area contributed by atoms with Gasteiger partial charge < -0.3 is 19.5 Å². The Labute approximate surface area is 172 Å². The Bertz CT molecular complexity index is 923. The summed E-state index contributed by atoms with van der Waals surface area (Å²) in [5.41, 5.74) is -0.0327. The molecular formula is C20H26F2N4O4. The van der Waals surface area contributed by atoms with Crippen LogP contribution in [0.25, 0.3) is 10.9 Å². The Morgan fingerprint density at radius 1 is 1.13 bits per heavy atom. The average molecular weight is 424 g/mol. The number of halogens is 2. The number of benzene rings is 1. The first-order valence-electron chi connectivity index (χ1n) is 10.1. The van der Waals surface area contributed by atoms with Gasteiger partial charge >= 0.3 is 0 Å². The lowest BCUT2D eigenvalue weighted by atomic mass is 10.1. The minimum Gasteiger partial charge on any atom is -0.384 e. The molecule has 2 aromatic rings. The zero-order valence-electron chi connectivity index (χ0n) is 16.7. The van der Waals surface area contributed by atoms with Crippen LogP contribution in [0.3, 0.4) is 0 Å². The molecule has 0 atom stereocenters. The number of piperazine rings is 1. The lowest BCUT2D eigenvalue weighted by Gasteiger charge is -2.39. The van der Waals surface area contributed by atoms with Crippen LogP contribution in [-0.4, -0.2) is 90.7 Å². The zero-order chi connectivity index (χ0) is 21.1. The summed E-state index contributed by atoms with van der Waals surface area (Å²) >= 11 is 0. The first kappa shape index (κ1) is 21.1. The summed E-state index contributed by atoms with van der Waals surface area (Å²) in [6.07, 6.45) is -1.43. The molecule has 2 fully saturated rings. The van der Waals surface area contributed by atoms with Crippen molar-refractivity contribution in [2.75, 3.05) is 64.1 Å². The molecule has 0 unspecified atom stereocenters. The molecule has 8 nitrogen and oxygen atoms in total. The van der Waals surface area contributed by atoms with E-state index in [0.717, 1.165) is 36.4 Å². The Hall–Kier alpha value is -2.14. The van der Waals surface area contributed by atoms with E-state index in [2.05, 4.69) is 14.8 Å². The molecule has 3 heterocycles. The molecule has 0 aliphatic carbocycles. The number of ether oxygens (including phenoxy) is 2. The van der Waals surface area contributed by atoms with Gasteiger partial charge in [0.2, 0.25) is 0 Å². The molecule has 0 bridgehead atoms. The smallest absolute Gasteiger partial charge is 0.261 e. The van der Waals surface area contributed by atoms with E-state index < -0.39 is 24.1 Å². The van der Waals surface area contributed by atoms with Crippen molar-refractivity contribution in [1.29, 1.82) is 0 Å². The van der Waals surface area contributed by atoms with Crippen molar-refractivity contribution in [3.8, 4) is 0 Å². The molecule has 2 aliphatic heterocycles. The third-order valence-electron chi connectivity index (χ3n) is 5.51. The summed E-state index contributed by atoms with van der Waals surface area (Å²) in [4.78, 5) is 20.9. The van der Waals surface area contributed by atoms with E-state index in [0.29, 0.717) is 30.7 Å². The average Bonchev–Trinajstić information content (AvgIpc) is 2.94. The lowest BCUT2D eigenvalue weighted by Crippen LogP contribution is -2.54. The molecule has 2 aliphatic rings. The summed E-state index contributed by atoms with van der Waals surface area (Å²) in [5.74, 6) is 0. The topological polar surface area (TPSA) is 80.1 Å². The third-order valence-corrected chi connectivity index (χ3v) is 5.51. The number of anilines is 1. The predicted octanol–water partition coefficient (Wildman–Crippen LogP) is 0.562. The Morgan fingerprint density at radius 2 is 1.83 bits per heavy atom. The second-order valence-electron chi connectivity index (χ2n) is 7.89. The molecule has 0 amide bonds. The van der Waals surface area contributed by atoms with E-state index in [4.69, 9.17) is 9.47 Å². The van der Waals surface area contributed by atoms with Gasteiger partial charge in [0.05, 0.1) is 50.2 Å². The van der Waals surface area contributed by atoms with Crippen molar-refractivity contribution < 1.29 is 23.4 Å². The van der Waals surface area contributed by atoms with Gasteiger partial charge in [0.1, 0.15) is 5.60 Å². The second-order valence-corrected chi connectivity index (χ2v) is 7.89. The molecule has 2 saturated heterocycles. The molecule has 1 aromatic carbocycles. The maximum Gasteiger partial charge on any atom is 0.261 e. The van der Waals surface area contributed by atoms with Crippen LogP contribution in [0.5, 0.6) is 0 Å². The third kappa shape index (κ3) is 4.77. The largest absolute Gasteiger partial charge is 0.384 e. The number of aliphatic hydroxyl groups is 1. The molecule has 1 aromatic heterocycles. The van der Waals surface area contributed by atoms with E-state index in [1.807, 2.05) is 12.1 Å². The number of aromatic nitrogens is 2. The van der Waals surface area contributed by atoms with Crippen LogP contribution in [-0.2, 0) is 16.0 Å². The van der Waals surface area contributed by atoms with Gasteiger partial charge in [-0.3, -0.25) is 14.3 Å². The van der Waals surface area contributed by atoms with Gasteiger partial charge in [-0.15, -0.1) is 0 Å². The minimum absolute atomic E-state index is 0.270. The number of rotatable bonds is 5. The van der Waals surface area contributed by atoms with Crippen molar-refractivity contribution in [3.63, 3.8) is 0 Å². The molecule has 0 spiro atoms. The highest BCUT2D eigenvalue weighted by molar-refractivity contribution is 5.81. The SMILES string of the molecule is O=c1c2ccc(N3CCN(CC4(O)COCCOC4)CC3)cc2ncn1CC(F)F. The summed E-state index contributed by atoms with van der Waals surface area (Å²) in [5, 5.41) is 11.0. The molecule has 4 rings (SSSR count). The number of hydrogen-bond acceptors (Lipinski definition) is 7. The Balaban J connectivity index is 1.41. The Morgan fingerprint density at radius 3 is 2.50 bits per heavy atom. The van der Waals surface area contributed by atoms with Crippen molar-refractivity contribution in [2.24, 2.45) is 0 Å². The number of fused-ring (bicyclic) bond motifs is 1. The standard InChI is InChI=1S/C20H26F2N4O4/c21-18(22)10-26-14-23-17-9-15(1-2-16(17)19(26)27)25-5-3-24(4-6-25)11-20(28)12-29-7-8-30-13-20/h1-2,9,14,18,28H,3-8,10-13H2. The van der Waals surface area contributed by atoms with Gasteiger partial charge in [-0.2, -0.15) is 0 Å². The number of hydrogen-bond donors (Lipinski definition) is 1. The quantitative estimate of drug-likeness (QED) is 0.751. The first-order valence-corrected chi connectivity index (χ1v) is 10.1. The van der Waals surface area contributed by atoms with Gasteiger partial charge in [0, 0.05) is 38.4 Å². The molecule has 164 valence electrons. The Kier molecular flexibility index (Phi) is 6.28. The van der Waals surface area contributed by atoms with Gasteiger partial charge in [-0.25, -0.2) is 13.8 Å². The fourth-order valence-electron chi connectivity index (χ4n) is 3.98. The molecule has 30 heavy (non-hydrogen) atoms. The van der Waals surface area contributed by atoms with Gasteiger partial charge in [-0.1, -0.05) is 0 Å². The van der Waals surface area contributed by atoms with Crippen LogP contribution in [0.1, 0.15) is 0 Å². The molecule has 0 radical (unpaired) electrons. The number of alkyl halides is 2. The second kappa shape index (κ2) is 8.93. The molecule has 0 saturated carbocycles. The van der Waals surface area contributed by atoms with Crippen LogP contribution >= 0.6 is 0 Å². The van der Waals surface area contributed by atoms with Crippen LogP contribution in [0.4, 0.5) is 14.5 Å². The predicted molar refractivity (Wildman–Crippen MR) is 107 cm³/mol. The number of nitrogens with zero attached hydrogens (tertiary/aromatic N) is 4. The maximum atomic E-state index is 12.6. The van der Waals surface area contributed by atoms with E-state index in [9.17, 15) is 18.7 Å². The maximum absolute atomic E-state index is 12.6. The van der Waals surface area contributed by atoms with E-state index in [1.165, 1.54) is 6.33 Å². The summed E-state index contributed by atoms with van der Waals surface area (Å²) in [6, 6.07) is 5.30. The summed E-state index contributed by atoms with van der Waals surface area (Å²) < 4.78 is 37.0. The number of β-amino-alcohol motifs (C(OH)–C–C–N with tert-alkyl or cyclic N) is 1. The monoisotopic (exact) mass is 424 g/mol. The fraction of sp³-hybridized carbons (Fsp3) is 0.600. The van der Waals surface area contributed by atoms with Gasteiger partial charge in [0.25, 0.3) is 12.0 Å². The van der Waals surface area contributed by atoms with Crippen molar-refractivity contribution in [2.45, 2.75) is 18.6 Å². The molecular weight excluding hydrogens is 398 g/mol. The fourth-order valence-corrected chi connectivity index (χ4v) is 3.98.